The Morgan fingerprint density at radius 1 is 1.24 bits per heavy atom. The molecule has 0 aliphatic carbocycles. The van der Waals surface area contributed by atoms with Crippen LogP contribution in [0, 0.1) is 11.6 Å². The van der Waals surface area contributed by atoms with Crippen LogP contribution >= 0.6 is 11.6 Å². The highest BCUT2D eigenvalue weighted by molar-refractivity contribution is 6.31. The van der Waals surface area contributed by atoms with Crippen LogP contribution in [0.5, 0.6) is 0 Å². The summed E-state index contributed by atoms with van der Waals surface area (Å²) in [5, 5.41) is 18.8. The summed E-state index contributed by atoms with van der Waals surface area (Å²) in [4.78, 5) is 30.1. The van der Waals surface area contributed by atoms with E-state index < -0.39 is 36.2 Å². The Bertz CT molecular complexity index is 1230. The number of carbonyl (C=O) groups excluding carboxylic acids is 2. The van der Waals surface area contributed by atoms with E-state index in [0.29, 0.717) is 16.3 Å². The molecule has 1 aliphatic rings. The fraction of sp³-hybridized carbons (Fsp3) is 0.227. The number of aliphatic hydroxyl groups excluding tert-OH is 1. The number of ether oxygens (including phenoxy) is 1. The Labute approximate surface area is 197 Å². The van der Waals surface area contributed by atoms with Crippen molar-refractivity contribution in [1.82, 2.24) is 20.5 Å². The average molecular weight is 492 g/mol. The minimum absolute atomic E-state index is 0.0374. The zero-order chi connectivity index (χ0) is 24.2. The summed E-state index contributed by atoms with van der Waals surface area (Å²) in [5.41, 5.74) is 0.387. The first-order chi connectivity index (χ1) is 16.3. The first-order valence-corrected chi connectivity index (χ1v) is 10.6. The van der Waals surface area contributed by atoms with Gasteiger partial charge in [-0.1, -0.05) is 23.7 Å². The van der Waals surface area contributed by atoms with Crippen LogP contribution in [0.3, 0.4) is 0 Å². The highest BCUT2D eigenvalue weighted by Gasteiger charge is 2.34. The van der Waals surface area contributed by atoms with Crippen LogP contribution in [0.15, 0.2) is 48.7 Å². The first kappa shape index (κ1) is 23.6. The van der Waals surface area contributed by atoms with Gasteiger partial charge in [0.1, 0.15) is 36.5 Å². The molecular formula is C22H20ClF2N5O4. The molecule has 1 saturated heterocycles. The number of nitrogens with zero attached hydrogens (tertiary/aromatic N) is 2. The third-order valence-electron chi connectivity index (χ3n) is 5.14. The molecule has 0 radical (unpaired) electrons. The summed E-state index contributed by atoms with van der Waals surface area (Å²) in [6, 6.07) is 9.36. The highest BCUT2D eigenvalue weighted by atomic mass is 35.5. The number of aromatic nitrogens is 1. The Hall–Kier alpha value is -3.54. The van der Waals surface area contributed by atoms with Crippen LogP contribution in [0.25, 0.3) is 10.8 Å². The molecule has 3 aromatic rings. The molecule has 2 aromatic carbocycles. The van der Waals surface area contributed by atoms with Crippen LogP contribution < -0.4 is 16.0 Å². The molecule has 34 heavy (non-hydrogen) atoms. The van der Waals surface area contributed by atoms with Crippen molar-refractivity contribution in [1.29, 1.82) is 0 Å². The van der Waals surface area contributed by atoms with Gasteiger partial charge in [0.25, 0.3) is 0 Å². The lowest BCUT2D eigenvalue weighted by molar-refractivity contribution is 0.114. The Kier molecular flexibility index (Phi) is 7.06. The minimum Gasteiger partial charge on any atom is -0.446 e. The van der Waals surface area contributed by atoms with Gasteiger partial charge in [-0.3, -0.25) is 10.6 Å². The van der Waals surface area contributed by atoms with Crippen molar-refractivity contribution in [3.8, 4) is 0 Å². The Balaban J connectivity index is 1.32. The highest BCUT2D eigenvalue weighted by Crippen LogP contribution is 2.20. The molecular weight excluding hydrogens is 472 g/mol. The van der Waals surface area contributed by atoms with Gasteiger partial charge >= 0.3 is 12.1 Å². The van der Waals surface area contributed by atoms with E-state index in [2.05, 4.69) is 20.9 Å². The predicted octanol–water partition coefficient (Wildman–Crippen LogP) is 3.17. The number of aliphatic hydroxyl groups is 1. The lowest BCUT2D eigenvalue weighted by Crippen LogP contribution is -2.48. The third kappa shape index (κ3) is 5.50. The lowest BCUT2D eigenvalue weighted by Gasteiger charge is -2.24. The molecule has 12 heteroatoms. The van der Waals surface area contributed by atoms with Crippen molar-refractivity contribution in [3.63, 3.8) is 0 Å². The van der Waals surface area contributed by atoms with Crippen molar-refractivity contribution in [2.24, 2.45) is 0 Å². The second-order valence-corrected chi connectivity index (χ2v) is 7.88. The molecule has 4 rings (SSSR count). The molecule has 178 valence electrons. The van der Waals surface area contributed by atoms with Crippen molar-refractivity contribution < 1.29 is 28.2 Å². The van der Waals surface area contributed by atoms with E-state index in [4.69, 9.17) is 16.3 Å². The summed E-state index contributed by atoms with van der Waals surface area (Å²) in [6.07, 6.45) is -1.21. The van der Waals surface area contributed by atoms with E-state index in [1.54, 1.807) is 12.1 Å². The van der Waals surface area contributed by atoms with E-state index >= 15 is 0 Å². The van der Waals surface area contributed by atoms with Gasteiger partial charge in [0.2, 0.25) is 0 Å². The predicted molar refractivity (Wildman–Crippen MR) is 120 cm³/mol. The molecule has 0 bridgehead atoms. The molecule has 2 heterocycles. The SMILES string of the molecule is O=C(Nc1cc2cc(F)ccc2cn1)OC[C@@H]1N[C@@H](O)CN1C(=O)NCc1cccc(F)c1Cl. The van der Waals surface area contributed by atoms with E-state index in [9.17, 15) is 23.5 Å². The number of amides is 3. The number of carbonyl (C=O) groups is 2. The maximum absolute atomic E-state index is 13.6. The molecule has 0 spiro atoms. The molecule has 3 amide bonds. The van der Waals surface area contributed by atoms with Gasteiger partial charge in [0.05, 0.1) is 11.6 Å². The Morgan fingerprint density at radius 2 is 2.06 bits per heavy atom. The maximum atomic E-state index is 13.6. The van der Waals surface area contributed by atoms with Crippen molar-refractivity contribution >= 4 is 40.3 Å². The summed E-state index contributed by atoms with van der Waals surface area (Å²) in [7, 11) is 0. The monoisotopic (exact) mass is 491 g/mol. The summed E-state index contributed by atoms with van der Waals surface area (Å²) < 4.78 is 32.2. The number of halogens is 3. The zero-order valence-corrected chi connectivity index (χ0v) is 18.4. The molecule has 0 unspecified atom stereocenters. The zero-order valence-electron chi connectivity index (χ0n) is 17.6. The van der Waals surface area contributed by atoms with Gasteiger partial charge in [-0.2, -0.15) is 0 Å². The van der Waals surface area contributed by atoms with Gasteiger partial charge in [0.15, 0.2) is 0 Å². The molecule has 0 saturated carbocycles. The summed E-state index contributed by atoms with van der Waals surface area (Å²) in [5.74, 6) is -0.866. The summed E-state index contributed by atoms with van der Waals surface area (Å²) >= 11 is 5.90. The number of anilines is 1. The number of hydrogen-bond acceptors (Lipinski definition) is 6. The number of fused-ring (bicyclic) bond motifs is 1. The quantitative estimate of drug-likeness (QED) is 0.436. The van der Waals surface area contributed by atoms with E-state index in [-0.39, 0.29) is 30.5 Å². The van der Waals surface area contributed by atoms with E-state index in [0.717, 1.165) is 0 Å². The standard InChI is InChI=1S/C22H20ClF2N5O4/c23-20-13(2-1-3-16(20)25)9-27-21(32)30-10-19(31)29-18(30)11-34-22(33)28-17-7-14-6-15(24)5-4-12(14)8-26-17/h1-8,18-19,29,31H,9-11H2,(H,27,32)(H,26,28,33)/t18-,19+/m1/s1. The number of nitrogens with one attached hydrogen (secondary N) is 3. The summed E-state index contributed by atoms with van der Waals surface area (Å²) in [6.45, 7) is -0.375. The molecule has 1 aromatic heterocycles. The number of urea groups is 1. The smallest absolute Gasteiger partial charge is 0.412 e. The van der Waals surface area contributed by atoms with Crippen molar-refractivity contribution in [3.05, 3.63) is 70.9 Å². The Morgan fingerprint density at radius 3 is 2.88 bits per heavy atom. The van der Waals surface area contributed by atoms with E-state index in [1.165, 1.54) is 41.4 Å². The molecule has 1 aliphatic heterocycles. The third-order valence-corrected chi connectivity index (χ3v) is 5.56. The number of benzene rings is 2. The minimum atomic E-state index is -1.03. The van der Waals surface area contributed by atoms with Crippen LogP contribution in [-0.4, -0.2) is 52.7 Å². The molecule has 4 N–H and O–H groups in total. The molecule has 1 fully saturated rings. The second-order valence-electron chi connectivity index (χ2n) is 7.51. The van der Waals surface area contributed by atoms with Gasteiger partial charge in [0, 0.05) is 18.1 Å². The van der Waals surface area contributed by atoms with Gasteiger partial charge < -0.3 is 20.1 Å². The number of hydrogen-bond donors (Lipinski definition) is 4. The molecule has 9 nitrogen and oxygen atoms in total. The van der Waals surface area contributed by atoms with Crippen LogP contribution in [0.2, 0.25) is 5.02 Å². The maximum Gasteiger partial charge on any atom is 0.412 e. The number of rotatable bonds is 5. The lowest BCUT2D eigenvalue weighted by atomic mass is 10.2. The second kappa shape index (κ2) is 10.2. The van der Waals surface area contributed by atoms with Crippen LogP contribution in [0.1, 0.15) is 5.56 Å². The first-order valence-electron chi connectivity index (χ1n) is 10.2. The van der Waals surface area contributed by atoms with Gasteiger partial charge in [-0.15, -0.1) is 0 Å². The van der Waals surface area contributed by atoms with Crippen LogP contribution in [-0.2, 0) is 11.3 Å². The van der Waals surface area contributed by atoms with Crippen molar-refractivity contribution in [2.75, 3.05) is 18.5 Å². The number of β-amino-alcohol motifs (C(OH)–C–C–N with tert-alkyl or cyclic N) is 1. The van der Waals surface area contributed by atoms with E-state index in [1.807, 2.05) is 0 Å². The topological polar surface area (TPSA) is 116 Å². The van der Waals surface area contributed by atoms with Gasteiger partial charge in [-0.25, -0.2) is 23.4 Å². The molecule has 2 atom stereocenters. The largest absolute Gasteiger partial charge is 0.446 e. The average Bonchev–Trinajstić information content (AvgIpc) is 3.19. The van der Waals surface area contributed by atoms with Crippen LogP contribution in [0.4, 0.5) is 24.2 Å². The fourth-order valence-corrected chi connectivity index (χ4v) is 3.67. The normalized spacial score (nSPS) is 17.6. The fourth-order valence-electron chi connectivity index (χ4n) is 3.47. The number of pyridine rings is 1. The van der Waals surface area contributed by atoms with Crippen molar-refractivity contribution in [2.45, 2.75) is 18.9 Å². The van der Waals surface area contributed by atoms with Gasteiger partial charge in [-0.05, 0) is 41.3 Å².